The highest BCUT2D eigenvalue weighted by Gasteiger charge is 2.08. The summed E-state index contributed by atoms with van der Waals surface area (Å²) in [6.07, 6.45) is 0.959. The van der Waals surface area contributed by atoms with Crippen LogP contribution < -0.4 is 5.32 Å². The number of carbonyl (C=O) groups excluding carboxylic acids is 1. The summed E-state index contributed by atoms with van der Waals surface area (Å²) in [5.74, 6) is 0.500. The number of rotatable bonds is 7. The quantitative estimate of drug-likeness (QED) is 0.773. The fourth-order valence-electron chi connectivity index (χ4n) is 1.34. The van der Waals surface area contributed by atoms with E-state index in [0.29, 0.717) is 19.0 Å². The number of nitrogens with zero attached hydrogens (tertiary/aromatic N) is 2. The van der Waals surface area contributed by atoms with Crippen molar-refractivity contribution in [3.8, 4) is 0 Å². The molecule has 0 saturated carbocycles. The molecule has 1 aromatic heterocycles. The van der Waals surface area contributed by atoms with E-state index in [2.05, 4.69) is 10.3 Å². The van der Waals surface area contributed by atoms with Gasteiger partial charge in [-0.15, -0.1) is 22.9 Å². The number of amides is 1. The molecule has 1 amide bonds. The van der Waals surface area contributed by atoms with Gasteiger partial charge in [-0.2, -0.15) is 0 Å². The predicted octanol–water partition coefficient (Wildman–Crippen LogP) is 1.84. The zero-order valence-electron chi connectivity index (χ0n) is 10.2. The average molecular weight is 276 g/mol. The van der Waals surface area contributed by atoms with Crippen LogP contribution in [0.25, 0.3) is 0 Å². The van der Waals surface area contributed by atoms with Gasteiger partial charge in [-0.05, 0) is 13.5 Å². The Labute approximate surface area is 111 Å². The molecule has 0 aliphatic rings. The summed E-state index contributed by atoms with van der Waals surface area (Å²) in [7, 11) is 1.91. The van der Waals surface area contributed by atoms with Gasteiger partial charge in [0.05, 0.1) is 24.7 Å². The van der Waals surface area contributed by atoms with Crippen LogP contribution in [0.4, 0.5) is 0 Å². The summed E-state index contributed by atoms with van der Waals surface area (Å²) in [4.78, 5) is 17.8. The van der Waals surface area contributed by atoms with E-state index in [9.17, 15) is 4.79 Å². The highest BCUT2D eigenvalue weighted by Crippen LogP contribution is 2.12. The van der Waals surface area contributed by atoms with Crippen LogP contribution in [0.3, 0.4) is 0 Å². The van der Waals surface area contributed by atoms with Gasteiger partial charge in [0, 0.05) is 11.9 Å². The molecule has 0 saturated heterocycles. The lowest BCUT2D eigenvalue weighted by Gasteiger charge is -2.14. The molecule has 0 aliphatic carbocycles. The van der Waals surface area contributed by atoms with E-state index >= 15 is 0 Å². The van der Waals surface area contributed by atoms with Crippen molar-refractivity contribution in [2.24, 2.45) is 0 Å². The monoisotopic (exact) mass is 275 g/mol. The number of thiazole rings is 1. The van der Waals surface area contributed by atoms with Crippen molar-refractivity contribution in [1.29, 1.82) is 0 Å². The van der Waals surface area contributed by atoms with E-state index in [-0.39, 0.29) is 5.91 Å². The first-order chi connectivity index (χ1) is 8.15. The Hall–Kier alpha value is -0.650. The zero-order valence-corrected chi connectivity index (χ0v) is 11.8. The maximum atomic E-state index is 11.5. The van der Waals surface area contributed by atoms with Crippen molar-refractivity contribution in [2.45, 2.75) is 25.8 Å². The molecule has 0 spiro atoms. The lowest BCUT2D eigenvalue weighted by molar-refractivity contribution is -0.122. The standard InChI is InChI=1S/C11H18ClN3OS/c1-3-4-13-10(16)6-15(2)7-11-14-9(5-12)8-17-11/h8H,3-7H2,1-2H3,(H,13,16). The van der Waals surface area contributed by atoms with E-state index in [1.807, 2.05) is 24.3 Å². The number of hydrogen-bond donors (Lipinski definition) is 1. The lowest BCUT2D eigenvalue weighted by Crippen LogP contribution is -2.35. The first-order valence-corrected chi connectivity index (χ1v) is 7.01. The maximum absolute atomic E-state index is 11.5. The van der Waals surface area contributed by atoms with Crippen molar-refractivity contribution >= 4 is 28.8 Å². The van der Waals surface area contributed by atoms with Crippen LogP contribution in [0.15, 0.2) is 5.38 Å². The fourth-order valence-corrected chi connectivity index (χ4v) is 2.44. The molecule has 0 aromatic carbocycles. The predicted molar refractivity (Wildman–Crippen MR) is 71.3 cm³/mol. The number of likely N-dealkylation sites (N-methyl/N-ethyl adjacent to an activating group) is 1. The second-order valence-electron chi connectivity index (χ2n) is 3.89. The van der Waals surface area contributed by atoms with Crippen LogP contribution >= 0.6 is 22.9 Å². The van der Waals surface area contributed by atoms with E-state index < -0.39 is 0 Å². The van der Waals surface area contributed by atoms with Gasteiger partial charge in [0.15, 0.2) is 0 Å². The second-order valence-corrected chi connectivity index (χ2v) is 5.10. The molecule has 1 aromatic rings. The van der Waals surface area contributed by atoms with Gasteiger partial charge < -0.3 is 5.32 Å². The van der Waals surface area contributed by atoms with Crippen molar-refractivity contribution < 1.29 is 4.79 Å². The maximum Gasteiger partial charge on any atom is 0.234 e. The SMILES string of the molecule is CCCNC(=O)CN(C)Cc1nc(CCl)cs1. The van der Waals surface area contributed by atoms with Crippen molar-refractivity contribution in [3.63, 3.8) is 0 Å². The Morgan fingerprint density at radius 1 is 1.65 bits per heavy atom. The van der Waals surface area contributed by atoms with Gasteiger partial charge in [0.2, 0.25) is 5.91 Å². The third-order valence-electron chi connectivity index (χ3n) is 2.13. The zero-order chi connectivity index (χ0) is 12.7. The molecule has 4 nitrogen and oxygen atoms in total. The normalized spacial score (nSPS) is 10.8. The van der Waals surface area contributed by atoms with Gasteiger partial charge in [0.1, 0.15) is 5.01 Å². The Morgan fingerprint density at radius 2 is 2.41 bits per heavy atom. The Kier molecular flexibility index (Phi) is 6.47. The van der Waals surface area contributed by atoms with E-state index in [0.717, 1.165) is 23.7 Å². The van der Waals surface area contributed by atoms with Gasteiger partial charge in [-0.1, -0.05) is 6.92 Å². The number of alkyl halides is 1. The van der Waals surface area contributed by atoms with E-state index in [1.165, 1.54) is 0 Å². The molecule has 96 valence electrons. The number of halogens is 1. The molecule has 1 N–H and O–H groups in total. The summed E-state index contributed by atoms with van der Waals surface area (Å²) >= 11 is 7.26. The minimum Gasteiger partial charge on any atom is -0.355 e. The molecular formula is C11H18ClN3OS. The minimum atomic E-state index is 0.0588. The largest absolute Gasteiger partial charge is 0.355 e. The molecule has 0 aliphatic heterocycles. The fraction of sp³-hybridized carbons (Fsp3) is 0.636. The molecule has 6 heteroatoms. The van der Waals surface area contributed by atoms with Crippen molar-refractivity contribution in [2.75, 3.05) is 20.1 Å². The van der Waals surface area contributed by atoms with Gasteiger partial charge in [-0.25, -0.2) is 4.98 Å². The molecule has 17 heavy (non-hydrogen) atoms. The van der Waals surface area contributed by atoms with Crippen LogP contribution in [0.5, 0.6) is 0 Å². The Morgan fingerprint density at radius 3 is 3.00 bits per heavy atom. The van der Waals surface area contributed by atoms with Gasteiger partial charge in [-0.3, -0.25) is 9.69 Å². The van der Waals surface area contributed by atoms with E-state index in [1.54, 1.807) is 11.3 Å². The highest BCUT2D eigenvalue weighted by molar-refractivity contribution is 7.09. The average Bonchev–Trinajstić information content (AvgIpc) is 2.73. The summed E-state index contributed by atoms with van der Waals surface area (Å²) in [6, 6.07) is 0. The third kappa shape index (κ3) is 5.48. The van der Waals surface area contributed by atoms with Gasteiger partial charge >= 0.3 is 0 Å². The lowest BCUT2D eigenvalue weighted by atomic mass is 10.4. The minimum absolute atomic E-state index is 0.0588. The van der Waals surface area contributed by atoms with Crippen LogP contribution in [-0.2, 0) is 17.2 Å². The molecule has 1 rings (SSSR count). The molecule has 0 radical (unpaired) electrons. The van der Waals surface area contributed by atoms with Crippen LogP contribution in [0, 0.1) is 0 Å². The van der Waals surface area contributed by atoms with Crippen LogP contribution in [0.2, 0.25) is 0 Å². The van der Waals surface area contributed by atoms with E-state index in [4.69, 9.17) is 11.6 Å². The number of carbonyl (C=O) groups is 1. The number of aromatic nitrogens is 1. The third-order valence-corrected chi connectivity index (χ3v) is 3.28. The molecule has 0 fully saturated rings. The second kappa shape index (κ2) is 7.63. The van der Waals surface area contributed by atoms with Crippen molar-refractivity contribution in [1.82, 2.24) is 15.2 Å². The number of hydrogen-bond acceptors (Lipinski definition) is 4. The Balaban J connectivity index is 2.33. The van der Waals surface area contributed by atoms with Gasteiger partial charge in [0.25, 0.3) is 0 Å². The summed E-state index contributed by atoms with van der Waals surface area (Å²) in [5.41, 5.74) is 0.899. The first-order valence-electron chi connectivity index (χ1n) is 5.60. The van der Waals surface area contributed by atoms with Crippen LogP contribution in [0.1, 0.15) is 24.0 Å². The molecule has 1 heterocycles. The molecule has 0 unspecified atom stereocenters. The topological polar surface area (TPSA) is 45.2 Å². The molecular weight excluding hydrogens is 258 g/mol. The molecule has 0 atom stereocenters. The summed E-state index contributed by atoms with van der Waals surface area (Å²) in [6.45, 7) is 3.85. The number of nitrogens with one attached hydrogen (secondary N) is 1. The summed E-state index contributed by atoms with van der Waals surface area (Å²) < 4.78 is 0. The Bertz CT molecular complexity index is 356. The van der Waals surface area contributed by atoms with Crippen molar-refractivity contribution in [3.05, 3.63) is 16.1 Å². The highest BCUT2D eigenvalue weighted by atomic mass is 35.5. The molecule has 0 bridgehead atoms. The first kappa shape index (κ1) is 14.4. The smallest absolute Gasteiger partial charge is 0.234 e. The summed E-state index contributed by atoms with van der Waals surface area (Å²) in [5, 5.41) is 5.79. The van der Waals surface area contributed by atoms with Crippen LogP contribution in [-0.4, -0.2) is 35.9 Å².